The number of hydrogen-bond donors (Lipinski definition) is 2. The highest BCUT2D eigenvalue weighted by Crippen LogP contribution is 2.29. The van der Waals surface area contributed by atoms with Crippen molar-refractivity contribution < 1.29 is 0 Å². The molecule has 1 unspecified atom stereocenters. The summed E-state index contributed by atoms with van der Waals surface area (Å²) in [5.41, 5.74) is 4.15. The predicted molar refractivity (Wildman–Crippen MR) is 75.5 cm³/mol. The molecule has 3 rings (SSSR count). The van der Waals surface area contributed by atoms with Gasteiger partial charge in [0, 0.05) is 4.70 Å². The molecule has 0 aliphatic carbocycles. The van der Waals surface area contributed by atoms with Crippen molar-refractivity contribution in [3.8, 4) is 0 Å². The summed E-state index contributed by atoms with van der Waals surface area (Å²) >= 11 is 3.15. The molecule has 2 aromatic heterocycles. The lowest BCUT2D eigenvalue weighted by atomic mass is 10.0. The molecule has 4 nitrogen and oxygen atoms in total. The zero-order chi connectivity index (χ0) is 12.4. The van der Waals surface area contributed by atoms with Gasteiger partial charge < -0.3 is 0 Å². The lowest BCUT2D eigenvalue weighted by Gasteiger charge is -2.12. The summed E-state index contributed by atoms with van der Waals surface area (Å²) in [5.74, 6) is 5.63. The fraction of sp³-hybridized carbons (Fsp3) is 0.167. The van der Waals surface area contributed by atoms with Gasteiger partial charge in [-0.3, -0.25) is 11.3 Å². The second-order valence-electron chi connectivity index (χ2n) is 4.00. The highest BCUT2D eigenvalue weighted by molar-refractivity contribution is 7.17. The van der Waals surface area contributed by atoms with Crippen molar-refractivity contribution in [3.63, 3.8) is 0 Å². The van der Waals surface area contributed by atoms with Gasteiger partial charge in [-0.1, -0.05) is 22.7 Å². The van der Waals surface area contributed by atoms with E-state index in [-0.39, 0.29) is 6.04 Å². The average molecular weight is 276 g/mol. The van der Waals surface area contributed by atoms with Gasteiger partial charge in [-0.25, -0.2) is 0 Å². The molecular weight excluding hydrogens is 264 g/mol. The van der Waals surface area contributed by atoms with E-state index in [4.69, 9.17) is 5.84 Å². The highest BCUT2D eigenvalue weighted by Gasteiger charge is 2.15. The van der Waals surface area contributed by atoms with Crippen molar-refractivity contribution in [1.29, 1.82) is 0 Å². The van der Waals surface area contributed by atoms with Crippen LogP contribution >= 0.6 is 22.9 Å². The second kappa shape index (κ2) is 5.11. The Hall–Kier alpha value is -1.34. The van der Waals surface area contributed by atoms with Crippen LogP contribution in [0.25, 0.3) is 10.1 Å². The minimum Gasteiger partial charge on any atom is -0.271 e. The monoisotopic (exact) mass is 276 g/mol. The predicted octanol–water partition coefficient (Wildman–Crippen LogP) is 2.50. The first-order chi connectivity index (χ1) is 8.88. The Morgan fingerprint density at radius 3 is 3.00 bits per heavy atom. The van der Waals surface area contributed by atoms with Crippen LogP contribution in [0.1, 0.15) is 16.5 Å². The molecule has 92 valence electrons. The number of hydrazine groups is 1. The van der Waals surface area contributed by atoms with E-state index in [0.717, 1.165) is 11.3 Å². The standard InChI is InChI=1S/C12H12N4S2/c13-15-10(12-6-14-16-18-12)5-8-7-17-11-4-2-1-3-9(8)11/h1-4,6-7,10,15H,5,13H2. The quantitative estimate of drug-likeness (QED) is 0.567. The lowest BCUT2D eigenvalue weighted by Crippen LogP contribution is -2.28. The van der Waals surface area contributed by atoms with Gasteiger partial charge in [0.25, 0.3) is 0 Å². The van der Waals surface area contributed by atoms with Crippen LogP contribution < -0.4 is 11.3 Å². The fourth-order valence-corrected chi connectivity index (χ4v) is 3.52. The first-order valence-electron chi connectivity index (χ1n) is 5.57. The number of rotatable bonds is 4. The molecule has 0 bridgehead atoms. The first kappa shape index (κ1) is 11.7. The van der Waals surface area contributed by atoms with Crippen LogP contribution in [0.3, 0.4) is 0 Å². The maximum absolute atomic E-state index is 5.63. The number of nitrogens with zero attached hydrogens (tertiary/aromatic N) is 2. The molecule has 1 aromatic carbocycles. The zero-order valence-corrected chi connectivity index (χ0v) is 11.2. The van der Waals surface area contributed by atoms with Gasteiger partial charge in [0.05, 0.1) is 17.1 Å². The summed E-state index contributed by atoms with van der Waals surface area (Å²) in [7, 11) is 0. The van der Waals surface area contributed by atoms with Crippen LogP contribution in [0.5, 0.6) is 0 Å². The summed E-state index contributed by atoms with van der Waals surface area (Å²) in [4.78, 5) is 1.06. The molecular formula is C12H12N4S2. The molecule has 18 heavy (non-hydrogen) atoms. The Bertz CT molecular complexity index is 632. The maximum Gasteiger partial charge on any atom is 0.0670 e. The van der Waals surface area contributed by atoms with Crippen LogP contribution in [-0.2, 0) is 6.42 Å². The van der Waals surface area contributed by atoms with Crippen molar-refractivity contribution >= 4 is 33.0 Å². The Labute approximate surface area is 113 Å². The van der Waals surface area contributed by atoms with Gasteiger partial charge in [0.15, 0.2) is 0 Å². The molecule has 0 spiro atoms. The Morgan fingerprint density at radius 1 is 1.33 bits per heavy atom. The van der Waals surface area contributed by atoms with E-state index in [1.54, 1.807) is 17.5 Å². The number of nitrogens with two attached hydrogens (primary N) is 1. The fourth-order valence-electron chi connectivity index (χ4n) is 1.98. The normalized spacial score (nSPS) is 12.9. The van der Waals surface area contributed by atoms with Gasteiger partial charge in [-0.15, -0.1) is 16.4 Å². The summed E-state index contributed by atoms with van der Waals surface area (Å²) in [6.45, 7) is 0. The SMILES string of the molecule is NNC(Cc1csc2ccccc12)c1cnns1. The summed E-state index contributed by atoms with van der Waals surface area (Å²) in [5, 5.41) is 7.36. The van der Waals surface area contributed by atoms with Gasteiger partial charge in [-0.2, -0.15) is 0 Å². The Morgan fingerprint density at radius 2 is 2.22 bits per heavy atom. The zero-order valence-electron chi connectivity index (χ0n) is 9.54. The number of fused-ring (bicyclic) bond motifs is 1. The molecule has 6 heteroatoms. The molecule has 0 aliphatic heterocycles. The highest BCUT2D eigenvalue weighted by atomic mass is 32.1. The molecule has 2 heterocycles. The molecule has 3 N–H and O–H groups in total. The topological polar surface area (TPSA) is 63.8 Å². The summed E-state index contributed by atoms with van der Waals surface area (Å²) in [6, 6.07) is 8.50. The molecule has 1 atom stereocenters. The third-order valence-electron chi connectivity index (χ3n) is 2.91. The van der Waals surface area contributed by atoms with E-state index in [9.17, 15) is 0 Å². The van der Waals surface area contributed by atoms with Gasteiger partial charge in [0.2, 0.25) is 0 Å². The molecule has 3 aromatic rings. The van der Waals surface area contributed by atoms with Gasteiger partial charge >= 0.3 is 0 Å². The first-order valence-corrected chi connectivity index (χ1v) is 7.22. The number of thiophene rings is 1. The van der Waals surface area contributed by atoms with E-state index in [1.807, 2.05) is 0 Å². The second-order valence-corrected chi connectivity index (χ2v) is 5.73. The van der Waals surface area contributed by atoms with Crippen molar-refractivity contribution in [1.82, 2.24) is 15.0 Å². The average Bonchev–Trinajstić information content (AvgIpc) is 3.06. The molecule has 0 aliphatic rings. The Kier molecular flexibility index (Phi) is 3.33. The third kappa shape index (κ3) is 2.15. The van der Waals surface area contributed by atoms with Crippen molar-refractivity contribution in [2.75, 3.05) is 0 Å². The van der Waals surface area contributed by atoms with Gasteiger partial charge in [-0.05, 0) is 40.3 Å². The van der Waals surface area contributed by atoms with E-state index < -0.39 is 0 Å². The number of benzene rings is 1. The lowest BCUT2D eigenvalue weighted by molar-refractivity contribution is 0.562. The van der Waals surface area contributed by atoms with Crippen molar-refractivity contribution in [2.45, 2.75) is 12.5 Å². The van der Waals surface area contributed by atoms with Crippen LogP contribution in [0.15, 0.2) is 35.8 Å². The van der Waals surface area contributed by atoms with Crippen LogP contribution in [0, 0.1) is 0 Å². The molecule has 0 saturated carbocycles. The van der Waals surface area contributed by atoms with Crippen LogP contribution in [-0.4, -0.2) is 9.59 Å². The van der Waals surface area contributed by atoms with Crippen LogP contribution in [0.2, 0.25) is 0 Å². The number of hydrogen-bond acceptors (Lipinski definition) is 6. The molecule has 0 saturated heterocycles. The van der Waals surface area contributed by atoms with E-state index in [2.05, 4.69) is 44.7 Å². The van der Waals surface area contributed by atoms with E-state index >= 15 is 0 Å². The minimum absolute atomic E-state index is 0.0722. The maximum atomic E-state index is 5.63. The van der Waals surface area contributed by atoms with Crippen molar-refractivity contribution in [2.24, 2.45) is 5.84 Å². The largest absolute Gasteiger partial charge is 0.271 e. The van der Waals surface area contributed by atoms with Gasteiger partial charge in [0.1, 0.15) is 0 Å². The summed E-state index contributed by atoms with van der Waals surface area (Å²) in [6.07, 6.45) is 2.62. The molecule has 0 fully saturated rings. The third-order valence-corrected chi connectivity index (χ3v) is 4.70. The minimum atomic E-state index is 0.0722. The smallest absolute Gasteiger partial charge is 0.0670 e. The Balaban J connectivity index is 1.91. The van der Waals surface area contributed by atoms with E-state index in [0.29, 0.717) is 0 Å². The summed E-state index contributed by atoms with van der Waals surface area (Å²) < 4.78 is 5.19. The van der Waals surface area contributed by atoms with Crippen LogP contribution in [0.4, 0.5) is 0 Å². The molecule has 0 radical (unpaired) electrons. The number of aromatic nitrogens is 2. The number of nitrogens with one attached hydrogen (secondary N) is 1. The van der Waals surface area contributed by atoms with E-state index in [1.165, 1.54) is 27.2 Å². The van der Waals surface area contributed by atoms with Crippen molar-refractivity contribution in [3.05, 3.63) is 46.3 Å². The molecule has 0 amide bonds.